The number of halogens is 1. The summed E-state index contributed by atoms with van der Waals surface area (Å²) >= 11 is 0. The summed E-state index contributed by atoms with van der Waals surface area (Å²) < 4.78 is 30.7. The number of methoxy groups -OCH3 is 2. The number of anilines is 1. The molecule has 0 radical (unpaired) electrons. The van der Waals surface area contributed by atoms with Crippen LogP contribution in [0.25, 0.3) is 10.9 Å². The summed E-state index contributed by atoms with van der Waals surface area (Å²) in [6.45, 7) is 1.68. The first-order valence-corrected chi connectivity index (χ1v) is 10.7. The maximum Gasteiger partial charge on any atom is 0.313 e. The molecule has 10 heteroatoms. The summed E-state index contributed by atoms with van der Waals surface area (Å²) in [5, 5.41) is 21.0. The Morgan fingerprint density at radius 3 is 2.50 bits per heavy atom. The van der Waals surface area contributed by atoms with Gasteiger partial charge in [-0.15, -0.1) is 0 Å². The van der Waals surface area contributed by atoms with Crippen LogP contribution in [0.15, 0.2) is 42.6 Å². The number of nitriles is 1. The maximum atomic E-state index is 15.2. The molecule has 1 aliphatic heterocycles. The zero-order valence-electron chi connectivity index (χ0n) is 19.0. The van der Waals surface area contributed by atoms with Gasteiger partial charge in [0.05, 0.1) is 42.8 Å². The molecule has 0 unspecified atom stereocenters. The molecular formula is C24H25FN4O5. The monoisotopic (exact) mass is 468 g/mol. The average Bonchev–Trinajstić information content (AvgIpc) is 2.89. The van der Waals surface area contributed by atoms with E-state index in [9.17, 15) is 10.1 Å². The molecule has 9 nitrogen and oxygen atoms in total. The predicted molar refractivity (Wildman–Crippen MR) is 125 cm³/mol. The minimum Gasteiger partial charge on any atom is -0.497 e. The van der Waals surface area contributed by atoms with Crippen LogP contribution in [0.3, 0.4) is 0 Å². The van der Waals surface area contributed by atoms with E-state index >= 15 is 4.48 Å². The van der Waals surface area contributed by atoms with Gasteiger partial charge in [0.25, 0.3) is 0 Å². The lowest BCUT2D eigenvalue weighted by atomic mass is 10.1. The van der Waals surface area contributed by atoms with Crippen molar-refractivity contribution in [2.45, 2.75) is 25.8 Å². The highest BCUT2D eigenvalue weighted by atomic mass is 19.2. The number of hydrogen-bond acceptors (Lipinski definition) is 8. The van der Waals surface area contributed by atoms with Crippen LogP contribution in [0, 0.1) is 21.4 Å². The fourth-order valence-electron chi connectivity index (χ4n) is 3.52. The lowest BCUT2D eigenvalue weighted by Crippen LogP contribution is -2.14. The van der Waals surface area contributed by atoms with Crippen LogP contribution >= 0.6 is 0 Å². The van der Waals surface area contributed by atoms with E-state index in [1.807, 2.05) is 6.07 Å². The van der Waals surface area contributed by atoms with Crippen molar-refractivity contribution in [3.8, 4) is 17.6 Å². The van der Waals surface area contributed by atoms with Crippen LogP contribution in [0.1, 0.15) is 30.4 Å². The van der Waals surface area contributed by atoms with Crippen LogP contribution in [0.4, 0.5) is 15.9 Å². The molecule has 0 aliphatic carbocycles. The lowest BCUT2D eigenvalue weighted by Gasteiger charge is -2.18. The summed E-state index contributed by atoms with van der Waals surface area (Å²) in [5.41, 5.74) is 0.263. The quantitative estimate of drug-likeness (QED) is 0.279. The average molecular weight is 468 g/mol. The maximum absolute atomic E-state index is 15.2. The van der Waals surface area contributed by atoms with Gasteiger partial charge >= 0.3 is 5.69 Å². The van der Waals surface area contributed by atoms with E-state index in [1.54, 1.807) is 18.2 Å². The normalized spacial score (nSPS) is 12.8. The Bertz CT molecular complexity index is 1180. The molecule has 1 saturated heterocycles. The molecule has 0 saturated carbocycles. The molecule has 0 N–H and O–H groups in total. The smallest absolute Gasteiger partial charge is 0.313 e. The third-order valence-corrected chi connectivity index (χ3v) is 5.27. The van der Waals surface area contributed by atoms with Crippen molar-refractivity contribution in [2.24, 2.45) is 0 Å². The first kappa shape index (κ1) is 24.7. The number of aromatic nitrogens is 1. The van der Waals surface area contributed by atoms with Crippen molar-refractivity contribution in [1.82, 2.24) is 4.98 Å². The van der Waals surface area contributed by atoms with Gasteiger partial charge in [-0.1, -0.05) is 4.48 Å². The van der Waals surface area contributed by atoms with E-state index in [1.165, 1.54) is 51.7 Å². The molecule has 0 spiro atoms. The number of rotatable bonds is 6. The van der Waals surface area contributed by atoms with E-state index in [0.29, 0.717) is 22.6 Å². The Kier molecular flexibility index (Phi) is 8.54. The lowest BCUT2D eigenvalue weighted by molar-refractivity contribution is -0.384. The Morgan fingerprint density at radius 1 is 1.18 bits per heavy atom. The SMILES string of the molecule is C1CCOCC1.COc1ccc(CN(F)c2c([N+](=O)[O-])cnc3ccc(C#N)cc23)c(OC)c1. The van der Waals surface area contributed by atoms with Crippen molar-refractivity contribution in [2.75, 3.05) is 32.6 Å². The van der Waals surface area contributed by atoms with Crippen LogP contribution < -0.4 is 14.6 Å². The summed E-state index contributed by atoms with van der Waals surface area (Å²) in [6, 6.07) is 11.2. The van der Waals surface area contributed by atoms with Gasteiger partial charge in [-0.2, -0.15) is 10.4 Å². The molecule has 1 fully saturated rings. The molecule has 34 heavy (non-hydrogen) atoms. The fraction of sp³-hybridized carbons (Fsp3) is 0.333. The van der Waals surface area contributed by atoms with E-state index in [0.717, 1.165) is 19.4 Å². The van der Waals surface area contributed by atoms with Gasteiger partial charge in [0.15, 0.2) is 5.69 Å². The zero-order chi connectivity index (χ0) is 24.5. The second kappa shape index (κ2) is 11.8. The number of nitrogens with zero attached hydrogens (tertiary/aromatic N) is 4. The number of fused-ring (bicyclic) bond motifs is 1. The van der Waals surface area contributed by atoms with Crippen molar-refractivity contribution in [3.05, 3.63) is 63.8 Å². The van der Waals surface area contributed by atoms with E-state index in [-0.39, 0.29) is 28.3 Å². The number of benzene rings is 2. The molecular weight excluding hydrogens is 443 g/mol. The van der Waals surface area contributed by atoms with Crippen LogP contribution in [-0.4, -0.2) is 37.3 Å². The van der Waals surface area contributed by atoms with Gasteiger partial charge in [0, 0.05) is 30.2 Å². The topological polar surface area (TPSA) is 111 Å². The molecule has 2 heterocycles. The largest absolute Gasteiger partial charge is 0.497 e. The minimum atomic E-state index is -0.710. The Balaban J connectivity index is 0.000000469. The number of hydrogen-bond donors (Lipinski definition) is 0. The summed E-state index contributed by atoms with van der Waals surface area (Å²) in [7, 11) is 2.93. The summed E-state index contributed by atoms with van der Waals surface area (Å²) in [5.74, 6) is 0.908. The Hall–Kier alpha value is -3.97. The standard InChI is InChI=1S/C19H15FN4O4.C5H10O/c1-27-14-5-4-13(18(8-14)28-2)11-23(20)19-15-7-12(9-21)3-6-16(15)22-10-17(19)24(25)26;1-2-4-6-5-3-1/h3-8,10H,11H2,1-2H3;1-5H2. The molecule has 0 amide bonds. The molecule has 2 aromatic carbocycles. The van der Waals surface area contributed by atoms with Crippen molar-refractivity contribution in [1.29, 1.82) is 5.26 Å². The van der Waals surface area contributed by atoms with Crippen molar-refractivity contribution < 1.29 is 23.6 Å². The van der Waals surface area contributed by atoms with E-state index in [2.05, 4.69) is 4.98 Å². The van der Waals surface area contributed by atoms with Gasteiger partial charge in [-0.3, -0.25) is 10.1 Å². The molecule has 3 aromatic rings. The highest BCUT2D eigenvalue weighted by molar-refractivity contribution is 5.96. The second-order valence-corrected chi connectivity index (χ2v) is 7.46. The van der Waals surface area contributed by atoms with Gasteiger partial charge in [0.2, 0.25) is 0 Å². The number of pyridine rings is 1. The highest BCUT2D eigenvalue weighted by Crippen LogP contribution is 2.37. The minimum absolute atomic E-state index is 0.170. The fourth-order valence-corrected chi connectivity index (χ4v) is 3.52. The number of nitro groups is 1. The number of ether oxygens (including phenoxy) is 3. The van der Waals surface area contributed by atoms with Crippen LogP contribution in [-0.2, 0) is 11.3 Å². The molecule has 0 bridgehead atoms. The van der Waals surface area contributed by atoms with Crippen LogP contribution in [0.5, 0.6) is 11.5 Å². The first-order chi connectivity index (χ1) is 16.5. The zero-order valence-corrected chi connectivity index (χ0v) is 19.0. The van der Waals surface area contributed by atoms with Gasteiger partial charge < -0.3 is 14.2 Å². The van der Waals surface area contributed by atoms with Gasteiger partial charge in [0.1, 0.15) is 17.7 Å². The molecule has 178 valence electrons. The van der Waals surface area contributed by atoms with E-state index < -0.39 is 10.6 Å². The summed E-state index contributed by atoms with van der Waals surface area (Å²) in [4.78, 5) is 14.7. The van der Waals surface area contributed by atoms with Gasteiger partial charge in [-0.25, -0.2) is 4.98 Å². The molecule has 4 rings (SSSR count). The molecule has 1 aromatic heterocycles. The highest BCUT2D eigenvalue weighted by Gasteiger charge is 2.25. The van der Waals surface area contributed by atoms with Crippen molar-refractivity contribution in [3.63, 3.8) is 0 Å². The van der Waals surface area contributed by atoms with E-state index in [4.69, 9.17) is 19.5 Å². The molecule has 0 atom stereocenters. The third-order valence-electron chi connectivity index (χ3n) is 5.27. The second-order valence-electron chi connectivity index (χ2n) is 7.46. The van der Waals surface area contributed by atoms with Crippen LogP contribution in [0.2, 0.25) is 0 Å². The summed E-state index contributed by atoms with van der Waals surface area (Å²) in [6.07, 6.45) is 4.93. The van der Waals surface area contributed by atoms with Crippen molar-refractivity contribution >= 4 is 22.3 Å². The predicted octanol–water partition coefficient (Wildman–Crippen LogP) is 5.11. The third kappa shape index (κ3) is 5.88. The first-order valence-electron chi connectivity index (χ1n) is 10.7. The molecule has 1 aliphatic rings. The Morgan fingerprint density at radius 2 is 1.94 bits per heavy atom. The van der Waals surface area contributed by atoms with Gasteiger partial charge in [-0.05, 0) is 49.6 Å². The Labute approximate surface area is 196 Å².